The van der Waals surface area contributed by atoms with Gasteiger partial charge in [-0.15, -0.1) is 4.91 Å². The van der Waals surface area contributed by atoms with Crippen molar-refractivity contribution in [2.24, 2.45) is 12.2 Å². The van der Waals surface area contributed by atoms with E-state index in [9.17, 15) is 4.91 Å². The fourth-order valence-electron chi connectivity index (χ4n) is 2.37. The van der Waals surface area contributed by atoms with Crippen LogP contribution in [0.5, 0.6) is 5.75 Å². The number of rotatable bonds is 7. The van der Waals surface area contributed by atoms with Crippen molar-refractivity contribution < 1.29 is 4.74 Å². The molecule has 0 saturated carbocycles. The highest BCUT2D eigenvalue weighted by molar-refractivity contribution is 5.83. The van der Waals surface area contributed by atoms with Crippen molar-refractivity contribution in [3.05, 3.63) is 29.4 Å². The molecule has 0 bridgehead atoms. The maximum Gasteiger partial charge on any atom is 0.150 e. The van der Waals surface area contributed by atoms with Gasteiger partial charge in [-0.05, 0) is 25.3 Å². The molecule has 0 saturated heterocycles. The fraction of sp³-hybridized carbons (Fsp3) is 0.438. The van der Waals surface area contributed by atoms with Gasteiger partial charge >= 0.3 is 0 Å². The summed E-state index contributed by atoms with van der Waals surface area (Å²) in [4.78, 5) is 15.4. The second-order valence-electron chi connectivity index (χ2n) is 5.76. The zero-order valence-corrected chi connectivity index (χ0v) is 14.3. The van der Waals surface area contributed by atoms with Gasteiger partial charge < -0.3 is 14.5 Å². The summed E-state index contributed by atoms with van der Waals surface area (Å²) in [6, 6.07) is 3.61. The number of hydrogen-bond acceptors (Lipinski definition) is 6. The average Bonchev–Trinajstić information content (AvgIpc) is 2.97. The quantitative estimate of drug-likeness (QED) is 0.734. The summed E-state index contributed by atoms with van der Waals surface area (Å²) in [6.45, 7) is 1.76. The van der Waals surface area contributed by atoms with Crippen LogP contribution in [0.2, 0.25) is 0 Å². The Morgan fingerprint density at radius 1 is 1.26 bits per heavy atom. The molecule has 1 heterocycles. The Hall–Kier alpha value is -2.41. The van der Waals surface area contributed by atoms with Crippen LogP contribution in [0.3, 0.4) is 0 Å². The van der Waals surface area contributed by atoms with Crippen molar-refractivity contribution in [1.29, 1.82) is 0 Å². The van der Waals surface area contributed by atoms with E-state index in [1.54, 1.807) is 16.9 Å². The van der Waals surface area contributed by atoms with E-state index in [1.807, 2.05) is 40.5 Å². The van der Waals surface area contributed by atoms with Crippen LogP contribution in [0.25, 0.3) is 11.1 Å². The number of aryl methyl sites for hydroxylation is 1. The van der Waals surface area contributed by atoms with E-state index in [0.29, 0.717) is 5.75 Å². The van der Waals surface area contributed by atoms with E-state index in [2.05, 4.69) is 20.1 Å². The molecule has 2 aromatic rings. The van der Waals surface area contributed by atoms with Crippen LogP contribution in [0.15, 0.2) is 29.7 Å². The van der Waals surface area contributed by atoms with Gasteiger partial charge in [-0.25, -0.2) is 0 Å². The Bertz CT molecular complexity index is 681. The molecule has 2 rings (SSSR count). The predicted molar refractivity (Wildman–Crippen MR) is 92.5 cm³/mol. The van der Waals surface area contributed by atoms with Gasteiger partial charge in [0.05, 0.1) is 13.3 Å². The van der Waals surface area contributed by atoms with Crippen LogP contribution in [0.4, 0.5) is 11.4 Å². The third kappa shape index (κ3) is 3.87. The zero-order chi connectivity index (χ0) is 17.0. The SMILES string of the molecule is COc1cc(N(C)CCN(C)C)c(-c2cnn(C)c2)cc1N=O. The van der Waals surface area contributed by atoms with E-state index in [1.165, 1.54) is 7.11 Å². The van der Waals surface area contributed by atoms with Crippen LogP contribution in [0, 0.1) is 4.91 Å². The normalized spacial score (nSPS) is 10.9. The van der Waals surface area contributed by atoms with Gasteiger partial charge in [0.1, 0.15) is 5.75 Å². The first kappa shape index (κ1) is 17.0. The lowest BCUT2D eigenvalue weighted by atomic mass is 10.0. The predicted octanol–water partition coefficient (Wildman–Crippen LogP) is 2.49. The molecule has 7 heteroatoms. The number of nitroso groups, excluding NO2 is 1. The molecule has 0 atom stereocenters. The maximum atomic E-state index is 11.1. The van der Waals surface area contributed by atoms with E-state index in [-0.39, 0.29) is 5.69 Å². The molecule has 0 spiro atoms. The molecule has 23 heavy (non-hydrogen) atoms. The summed E-state index contributed by atoms with van der Waals surface area (Å²) in [5, 5.41) is 7.30. The first-order valence-electron chi connectivity index (χ1n) is 7.36. The molecule has 0 aliphatic carbocycles. The number of benzene rings is 1. The Balaban J connectivity index is 2.50. The standard InChI is InChI=1S/C16H23N5O2/c1-19(2)6-7-20(3)15-9-16(23-5)14(18-22)8-13(15)12-10-17-21(4)11-12/h8-11H,6-7H2,1-5H3. The van der Waals surface area contributed by atoms with Gasteiger partial charge in [0.2, 0.25) is 0 Å². The number of likely N-dealkylation sites (N-methyl/N-ethyl adjacent to an activating group) is 2. The lowest BCUT2D eigenvalue weighted by Crippen LogP contribution is -2.28. The van der Waals surface area contributed by atoms with Gasteiger partial charge in [-0.3, -0.25) is 4.68 Å². The number of aromatic nitrogens is 2. The molecule has 124 valence electrons. The van der Waals surface area contributed by atoms with E-state index >= 15 is 0 Å². The summed E-state index contributed by atoms with van der Waals surface area (Å²) >= 11 is 0. The third-order valence-corrected chi connectivity index (χ3v) is 3.71. The second-order valence-corrected chi connectivity index (χ2v) is 5.76. The molecule has 0 unspecified atom stereocenters. The Morgan fingerprint density at radius 3 is 2.52 bits per heavy atom. The molecule has 1 aromatic heterocycles. The summed E-state index contributed by atoms with van der Waals surface area (Å²) in [5.41, 5.74) is 3.11. The molecule has 7 nitrogen and oxygen atoms in total. The van der Waals surface area contributed by atoms with Gasteiger partial charge in [0.25, 0.3) is 0 Å². The van der Waals surface area contributed by atoms with Gasteiger partial charge in [-0.1, -0.05) is 0 Å². The van der Waals surface area contributed by atoms with E-state index in [0.717, 1.165) is 29.9 Å². The molecular weight excluding hydrogens is 294 g/mol. The first-order valence-corrected chi connectivity index (χ1v) is 7.36. The molecular formula is C16H23N5O2. The first-order chi connectivity index (χ1) is 11.0. The molecule has 0 aliphatic rings. The van der Waals surface area contributed by atoms with Crippen LogP contribution >= 0.6 is 0 Å². The minimum atomic E-state index is 0.288. The minimum Gasteiger partial charge on any atom is -0.494 e. The number of ether oxygens (including phenoxy) is 1. The van der Waals surface area contributed by atoms with Crippen molar-refractivity contribution in [2.75, 3.05) is 46.2 Å². The molecule has 0 N–H and O–H groups in total. The number of methoxy groups -OCH3 is 1. The lowest BCUT2D eigenvalue weighted by molar-refractivity contribution is 0.413. The molecule has 1 aromatic carbocycles. The summed E-state index contributed by atoms with van der Waals surface area (Å²) in [5.74, 6) is 0.472. The molecule has 0 fully saturated rings. The number of anilines is 1. The van der Waals surface area contributed by atoms with Gasteiger partial charge in [-0.2, -0.15) is 5.10 Å². The summed E-state index contributed by atoms with van der Waals surface area (Å²) in [7, 11) is 9.50. The van der Waals surface area contributed by atoms with Crippen LogP contribution in [-0.4, -0.2) is 56.0 Å². The fourth-order valence-corrected chi connectivity index (χ4v) is 2.37. The van der Waals surface area contributed by atoms with Gasteiger partial charge in [0, 0.05) is 56.3 Å². The van der Waals surface area contributed by atoms with Gasteiger partial charge in [0.15, 0.2) is 5.69 Å². The zero-order valence-electron chi connectivity index (χ0n) is 14.3. The van der Waals surface area contributed by atoms with Crippen LogP contribution < -0.4 is 9.64 Å². The maximum absolute atomic E-state index is 11.1. The highest BCUT2D eigenvalue weighted by Gasteiger charge is 2.16. The topological polar surface area (TPSA) is 63.0 Å². The van der Waals surface area contributed by atoms with Crippen molar-refractivity contribution in [3.8, 4) is 16.9 Å². The molecule has 0 amide bonds. The second kappa shape index (κ2) is 7.23. The number of hydrogen-bond donors (Lipinski definition) is 0. The van der Waals surface area contributed by atoms with Crippen LogP contribution in [-0.2, 0) is 7.05 Å². The average molecular weight is 317 g/mol. The largest absolute Gasteiger partial charge is 0.494 e. The highest BCUT2D eigenvalue weighted by Crippen LogP contribution is 2.40. The summed E-state index contributed by atoms with van der Waals surface area (Å²) < 4.78 is 7.03. The lowest BCUT2D eigenvalue weighted by Gasteiger charge is -2.24. The minimum absolute atomic E-state index is 0.288. The number of nitrogens with zero attached hydrogens (tertiary/aromatic N) is 5. The molecule has 0 radical (unpaired) electrons. The van der Waals surface area contributed by atoms with Crippen molar-refractivity contribution in [1.82, 2.24) is 14.7 Å². The van der Waals surface area contributed by atoms with Crippen molar-refractivity contribution in [2.45, 2.75) is 0 Å². The summed E-state index contributed by atoms with van der Waals surface area (Å²) in [6.07, 6.45) is 3.69. The monoisotopic (exact) mass is 317 g/mol. The smallest absolute Gasteiger partial charge is 0.150 e. The Kier molecular flexibility index (Phi) is 5.33. The van der Waals surface area contributed by atoms with Crippen LogP contribution in [0.1, 0.15) is 0 Å². The molecule has 0 aliphatic heterocycles. The Labute approximate surface area is 136 Å². The van der Waals surface area contributed by atoms with E-state index < -0.39 is 0 Å². The third-order valence-electron chi connectivity index (χ3n) is 3.71. The Morgan fingerprint density at radius 2 is 2.00 bits per heavy atom. The van der Waals surface area contributed by atoms with E-state index in [4.69, 9.17) is 4.74 Å². The highest BCUT2D eigenvalue weighted by atomic mass is 16.5. The van der Waals surface area contributed by atoms with Crippen molar-refractivity contribution >= 4 is 11.4 Å². The van der Waals surface area contributed by atoms with Crippen molar-refractivity contribution in [3.63, 3.8) is 0 Å².